The molecule has 5 amide bonds. The molecule has 2 aliphatic rings. The zero-order chi connectivity index (χ0) is 30.9. The number of imide groups is 2. The van der Waals surface area contributed by atoms with E-state index in [1.807, 2.05) is 42.5 Å². The molecule has 0 unspecified atom stereocenters. The Morgan fingerprint density at radius 3 is 1.63 bits per heavy atom. The topological polar surface area (TPSA) is 121 Å². The van der Waals surface area contributed by atoms with Gasteiger partial charge in [0.1, 0.15) is 0 Å². The lowest BCUT2D eigenvalue weighted by atomic mass is 10.0. The Labute approximate surface area is 248 Å². The first-order chi connectivity index (χ1) is 20.6. The van der Waals surface area contributed by atoms with Gasteiger partial charge in [-0.3, -0.25) is 28.8 Å². The summed E-state index contributed by atoms with van der Waals surface area (Å²) in [5.74, 6) is -2.15. The Bertz CT molecular complexity index is 1620. The van der Waals surface area contributed by atoms with Gasteiger partial charge in [-0.1, -0.05) is 42.5 Å². The van der Waals surface area contributed by atoms with Crippen LogP contribution >= 0.6 is 0 Å². The smallest absolute Gasteiger partial charge is 0.258 e. The molecule has 0 radical (unpaired) electrons. The highest BCUT2D eigenvalue weighted by Gasteiger charge is 2.25. The van der Waals surface area contributed by atoms with Gasteiger partial charge in [-0.05, 0) is 79.8 Å². The molecule has 2 heterocycles. The number of amides is 5. The van der Waals surface area contributed by atoms with E-state index < -0.39 is 5.91 Å². The summed E-state index contributed by atoms with van der Waals surface area (Å²) < 4.78 is 0. The van der Waals surface area contributed by atoms with E-state index in [-0.39, 0.29) is 29.4 Å². The molecule has 2 aromatic carbocycles. The Morgan fingerprint density at radius 1 is 0.651 bits per heavy atom. The van der Waals surface area contributed by atoms with Crippen molar-refractivity contribution in [2.45, 2.75) is 26.7 Å². The maximum Gasteiger partial charge on any atom is 0.258 e. The number of allylic oxidation sites excluding steroid dienone is 7. The van der Waals surface area contributed by atoms with Gasteiger partial charge in [0.15, 0.2) is 5.78 Å². The summed E-state index contributed by atoms with van der Waals surface area (Å²) in [5, 5.41) is 2.70. The van der Waals surface area contributed by atoms with Crippen molar-refractivity contribution in [3.05, 3.63) is 132 Å². The van der Waals surface area contributed by atoms with Crippen LogP contribution in [-0.4, -0.2) is 35.3 Å². The predicted molar refractivity (Wildman–Crippen MR) is 163 cm³/mol. The van der Waals surface area contributed by atoms with E-state index >= 15 is 0 Å². The summed E-state index contributed by atoms with van der Waals surface area (Å²) in [6.45, 7) is 3.09. The van der Waals surface area contributed by atoms with Crippen LogP contribution in [0.25, 0.3) is 0 Å². The molecule has 2 aliphatic heterocycles. The average Bonchev–Trinajstić information content (AvgIpc) is 3.50. The number of carbonyl (C=O) groups excluding carboxylic acids is 6. The second kappa shape index (κ2) is 13.8. The lowest BCUT2D eigenvalue weighted by molar-refractivity contribution is -0.121. The number of hydrogen-bond donors (Lipinski definition) is 1. The maximum absolute atomic E-state index is 12.0. The summed E-state index contributed by atoms with van der Waals surface area (Å²) >= 11 is 0. The highest BCUT2D eigenvalue weighted by Crippen LogP contribution is 2.22. The fourth-order valence-electron chi connectivity index (χ4n) is 4.31. The molecule has 0 saturated carbocycles. The van der Waals surface area contributed by atoms with Crippen LogP contribution in [0.5, 0.6) is 0 Å². The van der Waals surface area contributed by atoms with E-state index in [1.54, 1.807) is 37.3 Å². The third kappa shape index (κ3) is 8.17. The number of ketones is 1. The van der Waals surface area contributed by atoms with Gasteiger partial charge in [-0.25, -0.2) is 9.80 Å². The molecule has 2 aromatic rings. The highest BCUT2D eigenvalue weighted by molar-refractivity contribution is 6.28. The van der Waals surface area contributed by atoms with Crippen LogP contribution in [0.3, 0.4) is 0 Å². The van der Waals surface area contributed by atoms with Crippen LogP contribution in [0.4, 0.5) is 11.4 Å². The first kappa shape index (κ1) is 30.3. The van der Waals surface area contributed by atoms with Gasteiger partial charge in [0.05, 0.1) is 11.4 Å². The molecule has 1 N–H and O–H groups in total. The van der Waals surface area contributed by atoms with Gasteiger partial charge in [0.25, 0.3) is 23.6 Å². The number of nitrogens with zero attached hydrogens (tertiary/aromatic N) is 2. The van der Waals surface area contributed by atoms with Crippen LogP contribution in [0.15, 0.2) is 121 Å². The standard InChI is InChI=1S/C34H29N3O6/c1-23(35-30(39)17-7-24(2)38)6-8-26(22-27-11-15-29(16-12-27)37-33(42)20-21-34(37)43)5-3-4-25-9-13-28(14-10-25)36-31(40)18-19-32(36)41/h3,5-21H,4,22H2,1-2H3,(H,35,39)/b5-3+,17-7-,23-6+,26-8+. The number of nitrogens with one attached hydrogen (secondary N) is 1. The summed E-state index contributed by atoms with van der Waals surface area (Å²) in [5.41, 5.74) is 4.38. The zero-order valence-electron chi connectivity index (χ0n) is 23.7. The average molecular weight is 576 g/mol. The Kier molecular flexibility index (Phi) is 9.70. The Balaban J connectivity index is 1.48. The normalized spacial score (nSPS) is 15.6. The second-order valence-corrected chi connectivity index (χ2v) is 9.83. The molecule has 9 nitrogen and oxygen atoms in total. The molecule has 0 aliphatic carbocycles. The van der Waals surface area contributed by atoms with E-state index in [4.69, 9.17) is 0 Å². The summed E-state index contributed by atoms with van der Waals surface area (Å²) in [6, 6.07) is 14.3. The highest BCUT2D eigenvalue weighted by atomic mass is 16.2. The molecule has 9 heteroatoms. The first-order valence-corrected chi connectivity index (χ1v) is 13.4. The summed E-state index contributed by atoms with van der Waals surface area (Å²) in [4.78, 5) is 73.2. The van der Waals surface area contributed by atoms with Crippen molar-refractivity contribution in [1.29, 1.82) is 0 Å². The number of carbonyl (C=O) groups is 6. The number of benzene rings is 2. The molecule has 0 spiro atoms. The number of anilines is 2. The number of rotatable bonds is 11. The van der Waals surface area contributed by atoms with Gasteiger partial charge in [-0.2, -0.15) is 0 Å². The maximum atomic E-state index is 12.0. The fraction of sp³-hybridized carbons (Fsp3) is 0.118. The molecule has 43 heavy (non-hydrogen) atoms. The van der Waals surface area contributed by atoms with Crippen molar-refractivity contribution in [3.63, 3.8) is 0 Å². The van der Waals surface area contributed by atoms with Crippen molar-refractivity contribution in [2.24, 2.45) is 0 Å². The molecule has 0 saturated heterocycles. The third-order valence-corrected chi connectivity index (χ3v) is 6.44. The lowest BCUT2D eigenvalue weighted by Crippen LogP contribution is -2.29. The minimum atomic E-state index is -0.415. The fourth-order valence-corrected chi connectivity index (χ4v) is 4.31. The van der Waals surface area contributed by atoms with Crippen molar-refractivity contribution >= 4 is 46.7 Å². The van der Waals surface area contributed by atoms with Crippen LogP contribution in [-0.2, 0) is 41.6 Å². The van der Waals surface area contributed by atoms with E-state index in [0.29, 0.717) is 29.9 Å². The summed E-state index contributed by atoms with van der Waals surface area (Å²) in [7, 11) is 0. The SMILES string of the molecule is CC(=O)/C=C\C(=O)N/C(C)=C/C=C(\C=C\Cc1ccc(N2C(=O)C=CC2=O)cc1)Cc1ccc(N2C(=O)C=CC2=O)cc1. The largest absolute Gasteiger partial charge is 0.327 e. The van der Waals surface area contributed by atoms with E-state index in [0.717, 1.165) is 26.5 Å². The van der Waals surface area contributed by atoms with Crippen molar-refractivity contribution in [1.82, 2.24) is 5.32 Å². The molecule has 0 aromatic heterocycles. The lowest BCUT2D eigenvalue weighted by Gasteiger charge is -2.14. The van der Waals surface area contributed by atoms with Gasteiger partial charge in [0.2, 0.25) is 5.91 Å². The Morgan fingerprint density at radius 2 is 1.14 bits per heavy atom. The molecular weight excluding hydrogens is 546 g/mol. The van der Waals surface area contributed by atoms with Gasteiger partial charge < -0.3 is 5.32 Å². The van der Waals surface area contributed by atoms with E-state index in [2.05, 4.69) is 5.32 Å². The minimum absolute atomic E-state index is 0.227. The van der Waals surface area contributed by atoms with E-state index in [9.17, 15) is 28.8 Å². The molecule has 4 rings (SSSR count). The predicted octanol–water partition coefficient (Wildman–Crippen LogP) is 3.98. The first-order valence-electron chi connectivity index (χ1n) is 13.4. The van der Waals surface area contributed by atoms with Gasteiger partial charge in [-0.15, -0.1) is 0 Å². The monoisotopic (exact) mass is 575 g/mol. The van der Waals surface area contributed by atoms with Crippen molar-refractivity contribution < 1.29 is 28.8 Å². The van der Waals surface area contributed by atoms with Crippen LogP contribution < -0.4 is 15.1 Å². The summed E-state index contributed by atoms with van der Waals surface area (Å²) in [6.07, 6.45) is 16.0. The molecular formula is C34H29N3O6. The van der Waals surface area contributed by atoms with Crippen LogP contribution in [0, 0.1) is 0 Å². The van der Waals surface area contributed by atoms with Crippen molar-refractivity contribution in [3.8, 4) is 0 Å². The molecule has 216 valence electrons. The molecule has 0 atom stereocenters. The third-order valence-electron chi connectivity index (χ3n) is 6.44. The van der Waals surface area contributed by atoms with Crippen LogP contribution in [0.1, 0.15) is 25.0 Å². The minimum Gasteiger partial charge on any atom is -0.327 e. The Hall–Kier alpha value is -5.70. The van der Waals surface area contributed by atoms with Crippen LogP contribution in [0.2, 0.25) is 0 Å². The number of hydrogen-bond acceptors (Lipinski definition) is 6. The molecule has 0 fully saturated rings. The van der Waals surface area contributed by atoms with E-state index in [1.165, 1.54) is 43.4 Å². The zero-order valence-corrected chi connectivity index (χ0v) is 23.7. The van der Waals surface area contributed by atoms with Gasteiger partial charge >= 0.3 is 0 Å². The van der Waals surface area contributed by atoms with Gasteiger partial charge in [0, 0.05) is 36.1 Å². The quantitative estimate of drug-likeness (QED) is 0.246. The molecule has 0 bridgehead atoms. The van der Waals surface area contributed by atoms with Crippen molar-refractivity contribution in [2.75, 3.05) is 9.80 Å². The second-order valence-electron chi connectivity index (χ2n) is 9.83.